The largest absolute Gasteiger partial charge is 0.354 e. The van der Waals surface area contributed by atoms with E-state index in [1.807, 2.05) is 25.3 Å². The molecule has 1 saturated heterocycles. The third-order valence-corrected chi connectivity index (χ3v) is 5.24. The van der Waals surface area contributed by atoms with Gasteiger partial charge in [-0.15, -0.1) is 10.2 Å². The van der Waals surface area contributed by atoms with Crippen molar-refractivity contribution in [2.24, 2.45) is 0 Å². The summed E-state index contributed by atoms with van der Waals surface area (Å²) in [5.41, 5.74) is 2.34. The number of aromatic nitrogens is 4. The van der Waals surface area contributed by atoms with Gasteiger partial charge < -0.3 is 4.90 Å². The van der Waals surface area contributed by atoms with Gasteiger partial charge in [0, 0.05) is 38.4 Å². The summed E-state index contributed by atoms with van der Waals surface area (Å²) in [7, 11) is 0. The molecule has 1 unspecified atom stereocenters. The lowest BCUT2D eigenvalue weighted by Gasteiger charge is -2.26. The molecule has 1 aliphatic heterocycles. The summed E-state index contributed by atoms with van der Waals surface area (Å²) in [5, 5.41) is 13.2. The Bertz CT molecular complexity index is 858. The monoisotopic (exact) mass is 362 g/mol. The van der Waals surface area contributed by atoms with E-state index < -0.39 is 0 Å². The Balaban J connectivity index is 1.43. The Morgan fingerprint density at radius 2 is 1.70 bits per heavy atom. The third kappa shape index (κ3) is 4.17. The van der Waals surface area contributed by atoms with Gasteiger partial charge in [0.05, 0.1) is 5.69 Å². The van der Waals surface area contributed by atoms with Gasteiger partial charge in [-0.3, -0.25) is 4.90 Å². The molecule has 4 rings (SSSR count). The van der Waals surface area contributed by atoms with Gasteiger partial charge in [0.1, 0.15) is 0 Å². The van der Waals surface area contributed by atoms with E-state index in [9.17, 15) is 0 Å². The van der Waals surface area contributed by atoms with Crippen LogP contribution in [0.4, 0.5) is 5.82 Å². The van der Waals surface area contributed by atoms with Crippen molar-refractivity contribution >= 4 is 5.82 Å². The number of aryl methyl sites for hydroxylation is 1. The first-order chi connectivity index (χ1) is 13.2. The van der Waals surface area contributed by atoms with Crippen LogP contribution in [0.5, 0.6) is 0 Å². The molecular formula is C21H26N6. The summed E-state index contributed by atoms with van der Waals surface area (Å²) in [4.78, 5) is 4.90. The second-order valence-electron chi connectivity index (χ2n) is 7.23. The normalized spacial score (nSPS) is 18.4. The van der Waals surface area contributed by atoms with Crippen molar-refractivity contribution in [3.05, 3.63) is 66.0 Å². The number of hydrogen-bond acceptors (Lipinski definition) is 5. The van der Waals surface area contributed by atoms with Crippen LogP contribution in [0.1, 0.15) is 24.6 Å². The molecule has 27 heavy (non-hydrogen) atoms. The molecule has 140 valence electrons. The van der Waals surface area contributed by atoms with Crippen molar-refractivity contribution in [1.82, 2.24) is 24.9 Å². The van der Waals surface area contributed by atoms with E-state index in [2.05, 4.69) is 68.4 Å². The van der Waals surface area contributed by atoms with Crippen LogP contribution in [0.25, 0.3) is 5.82 Å². The zero-order chi connectivity index (χ0) is 18.6. The van der Waals surface area contributed by atoms with Crippen LogP contribution in [-0.2, 0) is 6.54 Å². The minimum Gasteiger partial charge on any atom is -0.354 e. The van der Waals surface area contributed by atoms with Crippen molar-refractivity contribution in [1.29, 1.82) is 0 Å². The Hall–Kier alpha value is -2.73. The van der Waals surface area contributed by atoms with Crippen LogP contribution < -0.4 is 4.90 Å². The van der Waals surface area contributed by atoms with Crippen molar-refractivity contribution in [3.8, 4) is 5.82 Å². The first-order valence-electron chi connectivity index (χ1n) is 9.58. The zero-order valence-electron chi connectivity index (χ0n) is 16.0. The standard InChI is InChI=1S/C21H26N6/c1-17-10-13-27(24-17)21-9-8-20(22-23-21)25-12-11-18(2)26(15-14-25)16-19-6-4-3-5-7-19/h3-10,13,18H,11-12,14-16H2,1-2H3. The molecule has 0 radical (unpaired) electrons. The van der Waals surface area contributed by atoms with Crippen LogP contribution in [0, 0.1) is 6.92 Å². The number of rotatable bonds is 4. The number of anilines is 1. The summed E-state index contributed by atoms with van der Waals surface area (Å²) in [6.45, 7) is 8.28. The SMILES string of the molecule is Cc1ccn(-c2ccc(N3CCC(C)N(Cc4ccccc4)CC3)nn2)n1. The zero-order valence-corrected chi connectivity index (χ0v) is 16.0. The topological polar surface area (TPSA) is 50.1 Å². The minimum absolute atomic E-state index is 0.550. The van der Waals surface area contributed by atoms with Crippen LogP contribution in [0.2, 0.25) is 0 Å². The van der Waals surface area contributed by atoms with Crippen LogP contribution in [-0.4, -0.2) is 50.6 Å². The summed E-state index contributed by atoms with van der Waals surface area (Å²) in [6, 6.07) is 17.3. The van der Waals surface area contributed by atoms with E-state index in [0.717, 1.165) is 49.9 Å². The first-order valence-corrected chi connectivity index (χ1v) is 9.58. The molecule has 0 amide bonds. The van der Waals surface area contributed by atoms with Crippen LogP contribution >= 0.6 is 0 Å². The van der Waals surface area contributed by atoms with Gasteiger partial charge in [-0.05, 0) is 44.0 Å². The molecule has 0 spiro atoms. The molecule has 1 aliphatic rings. The van der Waals surface area contributed by atoms with Gasteiger partial charge in [-0.25, -0.2) is 4.68 Å². The second kappa shape index (κ2) is 7.88. The molecule has 3 aromatic rings. The highest BCUT2D eigenvalue weighted by atomic mass is 15.4. The average Bonchev–Trinajstić information content (AvgIpc) is 3.05. The Morgan fingerprint density at radius 1 is 0.926 bits per heavy atom. The number of hydrogen-bond donors (Lipinski definition) is 0. The summed E-state index contributed by atoms with van der Waals surface area (Å²) >= 11 is 0. The van der Waals surface area contributed by atoms with E-state index in [1.54, 1.807) is 4.68 Å². The van der Waals surface area contributed by atoms with Gasteiger partial charge in [0.15, 0.2) is 11.6 Å². The Morgan fingerprint density at radius 3 is 2.41 bits per heavy atom. The Kier molecular flexibility index (Phi) is 5.16. The maximum atomic E-state index is 4.46. The van der Waals surface area contributed by atoms with Gasteiger partial charge in [-0.2, -0.15) is 5.10 Å². The van der Waals surface area contributed by atoms with Gasteiger partial charge >= 0.3 is 0 Å². The number of benzene rings is 1. The van der Waals surface area contributed by atoms with Crippen molar-refractivity contribution in [2.45, 2.75) is 32.9 Å². The molecule has 3 heterocycles. The summed E-state index contributed by atoms with van der Waals surface area (Å²) < 4.78 is 1.76. The fourth-order valence-corrected chi connectivity index (χ4v) is 3.54. The van der Waals surface area contributed by atoms with E-state index in [-0.39, 0.29) is 0 Å². The quantitative estimate of drug-likeness (QED) is 0.714. The van der Waals surface area contributed by atoms with Crippen molar-refractivity contribution in [2.75, 3.05) is 24.5 Å². The molecule has 1 atom stereocenters. The summed E-state index contributed by atoms with van der Waals surface area (Å²) in [6.07, 6.45) is 3.03. The molecule has 6 heteroatoms. The smallest absolute Gasteiger partial charge is 0.175 e. The fraction of sp³-hybridized carbons (Fsp3) is 0.381. The number of nitrogens with zero attached hydrogens (tertiary/aromatic N) is 6. The lowest BCUT2D eigenvalue weighted by atomic mass is 10.1. The highest BCUT2D eigenvalue weighted by molar-refractivity contribution is 5.40. The second-order valence-corrected chi connectivity index (χ2v) is 7.23. The predicted octanol–water partition coefficient (Wildman–Crippen LogP) is 3.07. The minimum atomic E-state index is 0.550. The van der Waals surface area contributed by atoms with Crippen molar-refractivity contribution < 1.29 is 0 Å². The van der Waals surface area contributed by atoms with E-state index in [0.29, 0.717) is 6.04 Å². The Labute approximate surface area is 160 Å². The van der Waals surface area contributed by atoms with Gasteiger partial charge in [-0.1, -0.05) is 30.3 Å². The van der Waals surface area contributed by atoms with E-state index in [1.165, 1.54) is 5.56 Å². The maximum absolute atomic E-state index is 4.46. The average molecular weight is 362 g/mol. The molecule has 0 aliphatic carbocycles. The molecule has 0 bridgehead atoms. The molecule has 0 N–H and O–H groups in total. The molecular weight excluding hydrogens is 336 g/mol. The van der Waals surface area contributed by atoms with Crippen molar-refractivity contribution in [3.63, 3.8) is 0 Å². The first kappa shape index (κ1) is 17.7. The van der Waals surface area contributed by atoms with Crippen LogP contribution in [0.15, 0.2) is 54.7 Å². The lowest BCUT2D eigenvalue weighted by molar-refractivity contribution is 0.212. The lowest BCUT2D eigenvalue weighted by Crippen LogP contribution is -2.34. The van der Waals surface area contributed by atoms with Crippen LogP contribution in [0.3, 0.4) is 0 Å². The highest BCUT2D eigenvalue weighted by Crippen LogP contribution is 2.19. The van der Waals surface area contributed by atoms with E-state index >= 15 is 0 Å². The molecule has 1 fully saturated rings. The molecule has 1 aromatic carbocycles. The predicted molar refractivity (Wildman–Crippen MR) is 107 cm³/mol. The highest BCUT2D eigenvalue weighted by Gasteiger charge is 2.22. The molecule has 0 saturated carbocycles. The summed E-state index contributed by atoms with van der Waals surface area (Å²) in [5.74, 6) is 1.69. The van der Waals surface area contributed by atoms with Gasteiger partial charge in [0.25, 0.3) is 0 Å². The van der Waals surface area contributed by atoms with Gasteiger partial charge in [0.2, 0.25) is 0 Å². The van der Waals surface area contributed by atoms with E-state index in [4.69, 9.17) is 0 Å². The fourth-order valence-electron chi connectivity index (χ4n) is 3.54. The molecule has 6 nitrogen and oxygen atoms in total. The third-order valence-electron chi connectivity index (χ3n) is 5.24. The molecule has 2 aromatic heterocycles. The maximum Gasteiger partial charge on any atom is 0.175 e.